The van der Waals surface area contributed by atoms with E-state index in [2.05, 4.69) is 12.1 Å². The topological polar surface area (TPSA) is 27.7 Å². The number of hydrogen-bond acceptors (Lipinski definition) is 3. The van der Waals surface area contributed by atoms with E-state index < -0.39 is 7.63 Å². The fourth-order valence-electron chi connectivity index (χ4n) is 3.28. The molecule has 0 fully saturated rings. The van der Waals surface area contributed by atoms with Crippen molar-refractivity contribution in [3.8, 4) is 17.2 Å². The van der Waals surface area contributed by atoms with Gasteiger partial charge in [0.15, 0.2) is 0 Å². The monoisotopic (exact) mass is 462 g/mol. The first-order valence-electron chi connectivity index (χ1n) is 10.6. The minimum atomic E-state index is -3.33. The van der Waals surface area contributed by atoms with Gasteiger partial charge in [-0.1, -0.05) is 0 Å². The van der Waals surface area contributed by atoms with Crippen LogP contribution in [0.15, 0.2) is 103 Å². The van der Waals surface area contributed by atoms with Crippen LogP contribution in [0.3, 0.4) is 0 Å². The molecule has 0 saturated carbocycles. The molecule has 0 bridgehead atoms. The average molecular weight is 462 g/mol. The van der Waals surface area contributed by atoms with Gasteiger partial charge in [-0.15, -0.1) is 0 Å². The van der Waals surface area contributed by atoms with Gasteiger partial charge in [0.1, 0.15) is 0 Å². The normalized spacial score (nSPS) is 12.0. The second-order valence-corrected chi connectivity index (χ2v) is 12.8. The van der Waals surface area contributed by atoms with Gasteiger partial charge in [-0.05, 0) is 0 Å². The summed E-state index contributed by atoms with van der Waals surface area (Å²) in [6.45, 7) is 6.13. The molecule has 0 saturated heterocycles. The zero-order valence-electron chi connectivity index (χ0n) is 18.5. The fraction of sp³-hybridized carbons (Fsp3) is 0.111. The Balaban J connectivity index is 1.83. The van der Waals surface area contributed by atoms with Crippen LogP contribution in [0.4, 0.5) is 0 Å². The summed E-state index contributed by atoms with van der Waals surface area (Å²) < 4.78 is 20.3. The fourth-order valence-corrected chi connectivity index (χ4v) is 8.84. The molecule has 0 aliphatic carbocycles. The molecule has 32 heavy (non-hydrogen) atoms. The van der Waals surface area contributed by atoms with Crippen LogP contribution in [0, 0.1) is 20.8 Å². The summed E-state index contributed by atoms with van der Waals surface area (Å²) in [7, 11) is -3.12. The van der Waals surface area contributed by atoms with Gasteiger partial charge in [0.25, 0.3) is 0 Å². The van der Waals surface area contributed by atoms with Crippen LogP contribution in [0.1, 0.15) is 16.7 Å². The number of hydrogen-bond donors (Lipinski definition) is 0. The van der Waals surface area contributed by atoms with Crippen molar-refractivity contribution in [1.29, 1.82) is 0 Å². The van der Waals surface area contributed by atoms with Crippen LogP contribution in [0.2, 0.25) is 0 Å². The Labute approximate surface area is 192 Å². The van der Waals surface area contributed by atoms with E-state index in [0.29, 0.717) is 0 Å². The Morgan fingerprint density at radius 1 is 0.469 bits per heavy atom. The Kier molecular flexibility index (Phi) is 7.10. The maximum absolute atomic E-state index is 6.76. The molecule has 4 aromatic rings. The molecule has 5 heteroatoms. The van der Waals surface area contributed by atoms with E-state index in [-0.39, 0.29) is 8.27 Å². The zero-order valence-corrected chi connectivity index (χ0v) is 20.5. The molecule has 0 heterocycles. The van der Waals surface area contributed by atoms with E-state index >= 15 is 0 Å². The summed E-state index contributed by atoms with van der Waals surface area (Å²) in [5, 5.41) is 1.13. The molecular weight excluding hydrogens is 434 g/mol. The third-order valence-corrected chi connectivity index (χ3v) is 10.2. The number of aryl methyl sites for hydroxylation is 3. The molecule has 0 radical (unpaired) electrons. The Hall–Kier alpha value is -2.86. The number of benzene rings is 4. The van der Waals surface area contributed by atoms with Gasteiger partial charge >= 0.3 is 193 Å². The molecule has 0 aliphatic heterocycles. The van der Waals surface area contributed by atoms with Gasteiger partial charge in [-0.3, -0.25) is 0 Å². The molecular formula is C27H28O3P2. The van der Waals surface area contributed by atoms with Crippen LogP contribution < -0.4 is 18.9 Å². The van der Waals surface area contributed by atoms with Crippen molar-refractivity contribution in [2.75, 3.05) is 0 Å². The Morgan fingerprint density at radius 2 is 0.812 bits per heavy atom. The van der Waals surface area contributed by atoms with Gasteiger partial charge in [0.2, 0.25) is 0 Å². The number of rotatable bonds is 8. The summed E-state index contributed by atoms with van der Waals surface area (Å²) in [4.78, 5) is 0. The predicted molar refractivity (Wildman–Crippen MR) is 138 cm³/mol. The van der Waals surface area contributed by atoms with Crippen LogP contribution >= 0.6 is 15.9 Å². The molecule has 3 nitrogen and oxygen atoms in total. The minimum absolute atomic E-state index is 0.204. The van der Waals surface area contributed by atoms with Crippen LogP contribution in [-0.4, -0.2) is 0 Å². The molecule has 4 aromatic carbocycles. The van der Waals surface area contributed by atoms with Crippen molar-refractivity contribution in [2.45, 2.75) is 20.8 Å². The molecule has 0 N–H and O–H groups in total. The maximum atomic E-state index is 6.76. The van der Waals surface area contributed by atoms with Gasteiger partial charge in [0.05, 0.1) is 0 Å². The third kappa shape index (κ3) is 5.49. The summed E-state index contributed by atoms with van der Waals surface area (Å²) in [5.74, 6) is 2.35. The SMILES string of the molecule is Cc1ccccc1O[PH](Oc1ccccc1C)(Oc1ccccc1C)Pc1ccccc1. The van der Waals surface area contributed by atoms with E-state index in [1.54, 1.807) is 0 Å². The quantitative estimate of drug-likeness (QED) is 0.253. The Morgan fingerprint density at radius 3 is 1.19 bits per heavy atom. The third-order valence-electron chi connectivity index (χ3n) is 5.08. The standard InChI is InChI=1S/C27H28O3P2/c1-21-13-7-10-18-25(21)28-32(31-24-16-5-4-6-17-24,29-26-19-11-8-14-22(26)2)30-27-20-12-9-15-23(27)3/h4-20,31-32H,1-3H3. The molecule has 4 rings (SSSR count). The summed E-state index contributed by atoms with van der Waals surface area (Å²) >= 11 is 0. The molecule has 0 spiro atoms. The summed E-state index contributed by atoms with van der Waals surface area (Å²) in [6, 6.07) is 34.3. The van der Waals surface area contributed by atoms with Gasteiger partial charge < -0.3 is 0 Å². The van der Waals surface area contributed by atoms with Crippen molar-refractivity contribution >= 4 is 21.2 Å². The van der Waals surface area contributed by atoms with Gasteiger partial charge in [-0.2, -0.15) is 0 Å². The summed E-state index contributed by atoms with van der Waals surface area (Å²) in [5.41, 5.74) is 3.14. The van der Waals surface area contributed by atoms with Crippen LogP contribution in [0.5, 0.6) is 17.2 Å². The first-order chi connectivity index (χ1) is 15.5. The van der Waals surface area contributed by atoms with Crippen LogP contribution in [-0.2, 0) is 0 Å². The molecule has 0 aromatic heterocycles. The second kappa shape index (κ2) is 10.2. The zero-order chi connectivity index (χ0) is 22.4. The molecule has 0 aliphatic rings. The van der Waals surface area contributed by atoms with Crippen molar-refractivity contribution in [3.63, 3.8) is 0 Å². The molecule has 164 valence electrons. The summed E-state index contributed by atoms with van der Waals surface area (Å²) in [6.07, 6.45) is 0. The van der Waals surface area contributed by atoms with Gasteiger partial charge in [-0.25, -0.2) is 0 Å². The second-order valence-electron chi connectivity index (χ2n) is 7.65. The van der Waals surface area contributed by atoms with E-state index in [9.17, 15) is 0 Å². The van der Waals surface area contributed by atoms with E-state index in [1.165, 1.54) is 0 Å². The van der Waals surface area contributed by atoms with Crippen LogP contribution in [0.25, 0.3) is 0 Å². The molecule has 0 amide bonds. The first kappa shape index (κ1) is 22.3. The average Bonchev–Trinajstić information content (AvgIpc) is 2.79. The number of para-hydroxylation sites is 3. The van der Waals surface area contributed by atoms with Crippen molar-refractivity contribution in [1.82, 2.24) is 0 Å². The Bertz CT molecular complexity index is 1060. The van der Waals surface area contributed by atoms with Crippen molar-refractivity contribution in [2.24, 2.45) is 0 Å². The van der Waals surface area contributed by atoms with Crippen molar-refractivity contribution in [3.05, 3.63) is 120 Å². The molecule has 1 atom stereocenters. The van der Waals surface area contributed by atoms with E-state index in [0.717, 1.165) is 39.2 Å². The van der Waals surface area contributed by atoms with E-state index in [4.69, 9.17) is 13.6 Å². The van der Waals surface area contributed by atoms with Crippen molar-refractivity contribution < 1.29 is 13.6 Å². The predicted octanol–water partition coefficient (Wildman–Crippen LogP) is 7.56. The first-order valence-corrected chi connectivity index (χ1v) is 14.3. The van der Waals surface area contributed by atoms with E-state index in [1.807, 2.05) is 112 Å². The van der Waals surface area contributed by atoms with Gasteiger partial charge in [0, 0.05) is 0 Å². The molecule has 1 unspecified atom stereocenters.